The number of benzene rings is 2. The maximum Gasteiger partial charge on any atom is 0.323 e. The fourth-order valence-corrected chi connectivity index (χ4v) is 2.93. The highest BCUT2D eigenvalue weighted by Crippen LogP contribution is 2.23. The van der Waals surface area contributed by atoms with Crippen LogP contribution in [0.25, 0.3) is 0 Å². The number of nitrogens with zero attached hydrogens (tertiary/aromatic N) is 1. The highest BCUT2D eigenvalue weighted by atomic mass is 35.5. The summed E-state index contributed by atoms with van der Waals surface area (Å²) in [4.78, 5) is 25.2. The van der Waals surface area contributed by atoms with Crippen LogP contribution in [0.5, 0.6) is 5.75 Å². The predicted octanol–water partition coefficient (Wildman–Crippen LogP) is 4.51. The van der Waals surface area contributed by atoms with Crippen LogP contribution in [0, 0.1) is 6.92 Å². The molecule has 7 heteroatoms. The van der Waals surface area contributed by atoms with Crippen LogP contribution in [0.3, 0.4) is 0 Å². The third-order valence-corrected chi connectivity index (χ3v) is 4.34. The summed E-state index contributed by atoms with van der Waals surface area (Å²) >= 11 is 5.91. The molecule has 6 nitrogen and oxygen atoms in total. The van der Waals surface area contributed by atoms with Crippen molar-refractivity contribution in [2.45, 2.75) is 13.5 Å². The van der Waals surface area contributed by atoms with E-state index in [1.54, 1.807) is 53.2 Å². The van der Waals surface area contributed by atoms with Gasteiger partial charge in [0.25, 0.3) is 5.56 Å². The highest BCUT2D eigenvalue weighted by Gasteiger charge is 2.11. The van der Waals surface area contributed by atoms with Crippen molar-refractivity contribution in [3.05, 3.63) is 87.3 Å². The third kappa shape index (κ3) is 4.72. The quantitative estimate of drug-likeness (QED) is 0.665. The Kier molecular flexibility index (Phi) is 6.01. The summed E-state index contributed by atoms with van der Waals surface area (Å²) in [6.45, 7) is 2.24. The molecular formula is C21H20ClN3O3. The zero-order valence-corrected chi connectivity index (χ0v) is 16.3. The van der Waals surface area contributed by atoms with E-state index in [1.807, 2.05) is 19.1 Å². The molecule has 2 amide bonds. The molecule has 0 spiro atoms. The van der Waals surface area contributed by atoms with Gasteiger partial charge in [-0.2, -0.15) is 0 Å². The fraction of sp³-hybridized carbons (Fsp3) is 0.143. The number of para-hydroxylation sites is 2. The molecule has 3 aromatic rings. The number of amides is 2. The van der Waals surface area contributed by atoms with E-state index in [0.717, 1.165) is 11.1 Å². The van der Waals surface area contributed by atoms with Gasteiger partial charge in [-0.1, -0.05) is 35.9 Å². The second kappa shape index (κ2) is 8.63. The number of aromatic nitrogens is 1. The van der Waals surface area contributed by atoms with E-state index >= 15 is 0 Å². The number of hydrogen-bond acceptors (Lipinski definition) is 3. The molecule has 0 atom stereocenters. The van der Waals surface area contributed by atoms with E-state index < -0.39 is 6.03 Å². The predicted molar refractivity (Wildman–Crippen MR) is 112 cm³/mol. The highest BCUT2D eigenvalue weighted by molar-refractivity contribution is 6.30. The Hall–Kier alpha value is -3.25. The number of hydrogen-bond donors (Lipinski definition) is 2. The lowest BCUT2D eigenvalue weighted by Crippen LogP contribution is -2.28. The molecule has 2 N–H and O–H groups in total. The first-order valence-corrected chi connectivity index (χ1v) is 9.00. The second-order valence-electron chi connectivity index (χ2n) is 6.27. The van der Waals surface area contributed by atoms with Crippen molar-refractivity contribution < 1.29 is 9.53 Å². The summed E-state index contributed by atoms with van der Waals surface area (Å²) in [5, 5.41) is 5.96. The molecule has 0 aliphatic heterocycles. The van der Waals surface area contributed by atoms with Gasteiger partial charge in [0, 0.05) is 11.2 Å². The van der Waals surface area contributed by atoms with Crippen molar-refractivity contribution in [2.24, 2.45) is 0 Å². The van der Waals surface area contributed by atoms with Gasteiger partial charge in [0.1, 0.15) is 11.4 Å². The third-order valence-electron chi connectivity index (χ3n) is 4.09. The van der Waals surface area contributed by atoms with Crippen LogP contribution in [-0.4, -0.2) is 17.7 Å². The number of rotatable bonds is 5. The molecule has 28 heavy (non-hydrogen) atoms. The van der Waals surface area contributed by atoms with Crippen LogP contribution >= 0.6 is 11.6 Å². The molecule has 1 heterocycles. The summed E-state index contributed by atoms with van der Waals surface area (Å²) in [6.07, 6.45) is 1.75. The van der Waals surface area contributed by atoms with Gasteiger partial charge >= 0.3 is 6.03 Å². The molecule has 0 bridgehead atoms. The Labute approximate surface area is 167 Å². The normalized spacial score (nSPS) is 10.4. The van der Waals surface area contributed by atoms with Crippen LogP contribution in [0.15, 0.2) is 65.6 Å². The number of urea groups is 1. The van der Waals surface area contributed by atoms with E-state index in [9.17, 15) is 9.59 Å². The molecule has 3 rings (SSSR count). The average molecular weight is 398 g/mol. The average Bonchev–Trinajstić information content (AvgIpc) is 2.67. The van der Waals surface area contributed by atoms with Gasteiger partial charge in [-0.25, -0.2) is 4.79 Å². The summed E-state index contributed by atoms with van der Waals surface area (Å²) in [5.41, 5.74) is 2.19. The van der Waals surface area contributed by atoms with E-state index in [4.69, 9.17) is 16.3 Å². The number of ether oxygens (including phenoxy) is 1. The standard InChI is InChI=1S/C21H20ClN3O3/c1-14-11-18(24-21(27)23-17-5-3-4-6-19(17)28-2)20(26)25(12-14)13-15-7-9-16(22)10-8-15/h3-12H,13H2,1-2H3,(H2,23,24,27). The first kappa shape index (κ1) is 19.5. The number of aryl methyl sites for hydroxylation is 1. The lowest BCUT2D eigenvalue weighted by Gasteiger charge is -2.13. The van der Waals surface area contributed by atoms with Crippen LogP contribution < -0.4 is 20.9 Å². The maximum absolute atomic E-state index is 12.8. The molecule has 0 aliphatic carbocycles. The molecule has 144 valence electrons. The molecule has 0 saturated carbocycles. The Bertz CT molecular complexity index is 1050. The van der Waals surface area contributed by atoms with Crippen LogP contribution in [0.2, 0.25) is 5.02 Å². The molecular weight excluding hydrogens is 378 g/mol. The Morgan fingerprint density at radius 2 is 1.75 bits per heavy atom. The summed E-state index contributed by atoms with van der Waals surface area (Å²) in [7, 11) is 1.52. The first-order chi connectivity index (χ1) is 13.5. The molecule has 0 unspecified atom stereocenters. The minimum atomic E-state index is -0.523. The largest absolute Gasteiger partial charge is 0.495 e. The minimum Gasteiger partial charge on any atom is -0.495 e. The lowest BCUT2D eigenvalue weighted by atomic mass is 10.2. The van der Waals surface area contributed by atoms with Crippen LogP contribution in [0.1, 0.15) is 11.1 Å². The monoisotopic (exact) mass is 397 g/mol. The van der Waals surface area contributed by atoms with Crippen molar-refractivity contribution in [1.29, 1.82) is 0 Å². The zero-order valence-electron chi connectivity index (χ0n) is 15.5. The topological polar surface area (TPSA) is 72.4 Å². The summed E-state index contributed by atoms with van der Waals surface area (Å²) in [5.74, 6) is 0.530. The SMILES string of the molecule is COc1ccccc1NC(=O)Nc1cc(C)cn(Cc2ccc(Cl)cc2)c1=O. The van der Waals surface area contributed by atoms with E-state index in [2.05, 4.69) is 10.6 Å². The summed E-state index contributed by atoms with van der Waals surface area (Å²) < 4.78 is 6.77. The molecule has 0 saturated heterocycles. The Morgan fingerprint density at radius 1 is 1.07 bits per heavy atom. The Balaban J connectivity index is 1.80. The van der Waals surface area contributed by atoms with Crippen LogP contribution in [0.4, 0.5) is 16.2 Å². The number of halogens is 1. The number of carbonyl (C=O) groups excluding carboxylic acids is 1. The van der Waals surface area contributed by atoms with Crippen molar-refractivity contribution in [2.75, 3.05) is 17.7 Å². The molecule has 0 radical (unpaired) electrons. The van der Waals surface area contributed by atoms with E-state index in [-0.39, 0.29) is 11.2 Å². The van der Waals surface area contributed by atoms with Gasteiger partial charge in [-0.3, -0.25) is 4.79 Å². The lowest BCUT2D eigenvalue weighted by molar-refractivity contribution is 0.262. The van der Waals surface area contributed by atoms with Gasteiger partial charge in [0.2, 0.25) is 0 Å². The number of carbonyl (C=O) groups is 1. The number of methoxy groups -OCH3 is 1. The zero-order chi connectivity index (χ0) is 20.1. The van der Waals surface area contributed by atoms with E-state index in [0.29, 0.717) is 23.0 Å². The number of pyridine rings is 1. The van der Waals surface area contributed by atoms with E-state index in [1.165, 1.54) is 7.11 Å². The minimum absolute atomic E-state index is 0.196. The Morgan fingerprint density at radius 3 is 2.46 bits per heavy atom. The van der Waals surface area contributed by atoms with Gasteiger partial charge < -0.3 is 19.9 Å². The molecule has 0 fully saturated rings. The van der Waals surface area contributed by atoms with Crippen molar-refractivity contribution in [1.82, 2.24) is 4.57 Å². The smallest absolute Gasteiger partial charge is 0.323 e. The number of nitrogens with one attached hydrogen (secondary N) is 2. The van der Waals surface area contributed by atoms with Crippen molar-refractivity contribution >= 4 is 29.0 Å². The van der Waals surface area contributed by atoms with Crippen molar-refractivity contribution in [3.8, 4) is 5.75 Å². The molecule has 2 aromatic carbocycles. The van der Waals surface area contributed by atoms with Gasteiger partial charge in [-0.15, -0.1) is 0 Å². The molecule has 1 aromatic heterocycles. The van der Waals surface area contributed by atoms with Crippen molar-refractivity contribution in [3.63, 3.8) is 0 Å². The summed E-state index contributed by atoms with van der Waals surface area (Å²) in [6, 6.07) is 15.4. The van der Waals surface area contributed by atoms with Gasteiger partial charge in [-0.05, 0) is 48.4 Å². The van der Waals surface area contributed by atoms with Gasteiger partial charge in [0.05, 0.1) is 19.3 Å². The number of anilines is 2. The molecule has 0 aliphatic rings. The second-order valence-corrected chi connectivity index (χ2v) is 6.71. The maximum atomic E-state index is 12.8. The van der Waals surface area contributed by atoms with Gasteiger partial charge in [0.15, 0.2) is 0 Å². The first-order valence-electron chi connectivity index (χ1n) is 8.63. The van der Waals surface area contributed by atoms with Crippen LogP contribution in [-0.2, 0) is 6.54 Å². The fourth-order valence-electron chi connectivity index (χ4n) is 2.80.